The third kappa shape index (κ3) is 3.66. The van der Waals surface area contributed by atoms with Crippen molar-refractivity contribution in [1.29, 1.82) is 0 Å². The molecular formula is C16H18N2O3. The first-order valence-corrected chi connectivity index (χ1v) is 6.48. The minimum atomic E-state index is -0.167. The molecule has 2 rings (SSSR count). The maximum Gasteiger partial charge on any atom is 0.251 e. The van der Waals surface area contributed by atoms with Crippen LogP contribution in [0.15, 0.2) is 42.5 Å². The number of benzene rings is 2. The molecule has 1 amide bonds. The number of rotatable bonds is 5. The van der Waals surface area contributed by atoms with Gasteiger partial charge in [-0.1, -0.05) is 0 Å². The van der Waals surface area contributed by atoms with Gasteiger partial charge in [-0.15, -0.1) is 0 Å². The zero-order valence-electron chi connectivity index (χ0n) is 12.1. The van der Waals surface area contributed by atoms with Crippen molar-refractivity contribution in [2.75, 3.05) is 20.0 Å². The Morgan fingerprint density at radius 3 is 2.43 bits per heavy atom. The van der Waals surface area contributed by atoms with E-state index in [0.29, 0.717) is 29.3 Å². The topological polar surface area (TPSA) is 73.6 Å². The lowest BCUT2D eigenvalue weighted by Crippen LogP contribution is -2.23. The van der Waals surface area contributed by atoms with Crippen LogP contribution in [0.3, 0.4) is 0 Å². The molecule has 5 nitrogen and oxygen atoms in total. The zero-order chi connectivity index (χ0) is 15.2. The molecule has 0 spiro atoms. The minimum absolute atomic E-state index is 0.167. The first-order valence-electron chi connectivity index (χ1n) is 6.48. The van der Waals surface area contributed by atoms with E-state index >= 15 is 0 Å². The van der Waals surface area contributed by atoms with E-state index in [1.807, 2.05) is 18.2 Å². The second-order valence-corrected chi connectivity index (χ2v) is 4.48. The van der Waals surface area contributed by atoms with Crippen molar-refractivity contribution in [2.45, 2.75) is 6.54 Å². The third-order valence-electron chi connectivity index (χ3n) is 3.10. The Balaban J connectivity index is 2.08. The minimum Gasteiger partial charge on any atom is -0.497 e. The molecule has 110 valence electrons. The normalized spacial score (nSPS) is 10.0. The molecule has 0 heterocycles. The van der Waals surface area contributed by atoms with Crippen LogP contribution in [0.5, 0.6) is 11.5 Å². The number of carbonyl (C=O) groups is 1. The largest absolute Gasteiger partial charge is 0.497 e. The van der Waals surface area contributed by atoms with E-state index in [1.165, 1.54) is 0 Å². The van der Waals surface area contributed by atoms with E-state index in [2.05, 4.69) is 5.32 Å². The maximum atomic E-state index is 12.1. The van der Waals surface area contributed by atoms with Gasteiger partial charge in [-0.3, -0.25) is 4.79 Å². The fraction of sp³-hybridized carbons (Fsp3) is 0.188. The fourth-order valence-electron chi connectivity index (χ4n) is 1.93. The van der Waals surface area contributed by atoms with Crippen molar-refractivity contribution < 1.29 is 14.3 Å². The van der Waals surface area contributed by atoms with Gasteiger partial charge in [-0.2, -0.15) is 0 Å². The maximum absolute atomic E-state index is 12.1. The van der Waals surface area contributed by atoms with Gasteiger partial charge in [0.05, 0.1) is 14.2 Å². The highest BCUT2D eigenvalue weighted by molar-refractivity contribution is 5.94. The van der Waals surface area contributed by atoms with Crippen molar-refractivity contribution >= 4 is 11.6 Å². The second kappa shape index (κ2) is 6.65. The van der Waals surface area contributed by atoms with E-state index < -0.39 is 0 Å². The van der Waals surface area contributed by atoms with Crippen LogP contribution >= 0.6 is 0 Å². The summed E-state index contributed by atoms with van der Waals surface area (Å²) in [5.74, 6) is 1.25. The Kier molecular flexibility index (Phi) is 4.66. The van der Waals surface area contributed by atoms with Crippen LogP contribution in [0, 0.1) is 0 Å². The molecule has 0 saturated carbocycles. The summed E-state index contributed by atoms with van der Waals surface area (Å²) < 4.78 is 10.5. The monoisotopic (exact) mass is 286 g/mol. The number of nitrogen functional groups attached to an aromatic ring is 1. The van der Waals surface area contributed by atoms with Gasteiger partial charge in [0.25, 0.3) is 5.91 Å². The van der Waals surface area contributed by atoms with E-state index in [9.17, 15) is 4.79 Å². The zero-order valence-corrected chi connectivity index (χ0v) is 12.1. The summed E-state index contributed by atoms with van der Waals surface area (Å²) in [4.78, 5) is 12.1. The summed E-state index contributed by atoms with van der Waals surface area (Å²) in [6, 6.07) is 12.2. The predicted molar refractivity (Wildman–Crippen MR) is 81.6 cm³/mol. The molecule has 0 radical (unpaired) electrons. The molecule has 2 aromatic rings. The molecule has 0 bridgehead atoms. The smallest absolute Gasteiger partial charge is 0.251 e. The van der Waals surface area contributed by atoms with Gasteiger partial charge in [0, 0.05) is 23.4 Å². The lowest BCUT2D eigenvalue weighted by molar-refractivity contribution is 0.0950. The highest BCUT2D eigenvalue weighted by Crippen LogP contribution is 2.23. The Morgan fingerprint density at radius 1 is 1.10 bits per heavy atom. The third-order valence-corrected chi connectivity index (χ3v) is 3.10. The van der Waals surface area contributed by atoms with Crippen molar-refractivity contribution in [3.63, 3.8) is 0 Å². The molecule has 0 atom stereocenters. The van der Waals surface area contributed by atoms with Gasteiger partial charge in [0.1, 0.15) is 11.5 Å². The average Bonchev–Trinajstić information content (AvgIpc) is 2.52. The fourth-order valence-corrected chi connectivity index (χ4v) is 1.93. The van der Waals surface area contributed by atoms with Gasteiger partial charge < -0.3 is 20.5 Å². The molecule has 0 unspecified atom stereocenters. The van der Waals surface area contributed by atoms with Crippen molar-refractivity contribution in [1.82, 2.24) is 5.32 Å². The van der Waals surface area contributed by atoms with Crippen molar-refractivity contribution in [2.24, 2.45) is 0 Å². The van der Waals surface area contributed by atoms with Gasteiger partial charge >= 0.3 is 0 Å². The van der Waals surface area contributed by atoms with Crippen LogP contribution < -0.4 is 20.5 Å². The standard InChI is InChI=1S/C16H18N2O3/c1-20-14-7-8-15(21-2)12(9-14)10-18-16(19)11-3-5-13(17)6-4-11/h3-9H,10,17H2,1-2H3,(H,18,19). The summed E-state index contributed by atoms with van der Waals surface area (Å²) in [5, 5.41) is 2.85. The summed E-state index contributed by atoms with van der Waals surface area (Å²) >= 11 is 0. The number of hydrogen-bond donors (Lipinski definition) is 2. The Labute approximate surface area is 123 Å². The number of ether oxygens (including phenoxy) is 2. The molecule has 2 aromatic carbocycles. The summed E-state index contributed by atoms with van der Waals surface area (Å²) in [6.45, 7) is 0.351. The quantitative estimate of drug-likeness (QED) is 0.827. The Bertz CT molecular complexity index is 624. The lowest BCUT2D eigenvalue weighted by Gasteiger charge is -2.11. The Morgan fingerprint density at radius 2 is 1.81 bits per heavy atom. The first-order chi connectivity index (χ1) is 10.1. The molecule has 3 N–H and O–H groups in total. The molecule has 0 aliphatic rings. The molecular weight excluding hydrogens is 268 g/mol. The molecule has 5 heteroatoms. The van der Waals surface area contributed by atoms with Gasteiger partial charge in [-0.25, -0.2) is 0 Å². The van der Waals surface area contributed by atoms with Crippen LogP contribution in [-0.4, -0.2) is 20.1 Å². The van der Waals surface area contributed by atoms with E-state index in [0.717, 1.165) is 5.56 Å². The number of hydrogen-bond acceptors (Lipinski definition) is 4. The summed E-state index contributed by atoms with van der Waals surface area (Å²) in [5.41, 5.74) is 7.63. The number of anilines is 1. The lowest BCUT2D eigenvalue weighted by atomic mass is 10.1. The van der Waals surface area contributed by atoms with Gasteiger partial charge in [0.2, 0.25) is 0 Å². The summed E-state index contributed by atoms with van der Waals surface area (Å²) in [6.07, 6.45) is 0. The second-order valence-electron chi connectivity index (χ2n) is 4.48. The van der Waals surface area contributed by atoms with Gasteiger partial charge in [0.15, 0.2) is 0 Å². The molecule has 0 saturated heterocycles. The average molecular weight is 286 g/mol. The van der Waals surface area contributed by atoms with Crippen molar-refractivity contribution in [3.8, 4) is 11.5 Å². The number of nitrogens with one attached hydrogen (secondary N) is 1. The van der Waals surface area contributed by atoms with E-state index in [4.69, 9.17) is 15.2 Å². The SMILES string of the molecule is COc1ccc(OC)c(CNC(=O)c2ccc(N)cc2)c1. The van der Waals surface area contributed by atoms with Crippen LogP contribution in [0.2, 0.25) is 0 Å². The Hall–Kier alpha value is -2.69. The molecule has 0 aliphatic heterocycles. The predicted octanol–water partition coefficient (Wildman–Crippen LogP) is 2.22. The number of carbonyl (C=O) groups excluding carboxylic acids is 1. The summed E-state index contributed by atoms with van der Waals surface area (Å²) in [7, 11) is 3.19. The first kappa shape index (κ1) is 14.7. The van der Waals surface area contributed by atoms with Gasteiger partial charge in [-0.05, 0) is 42.5 Å². The van der Waals surface area contributed by atoms with Crippen LogP contribution in [0.4, 0.5) is 5.69 Å². The van der Waals surface area contributed by atoms with Crippen LogP contribution in [-0.2, 0) is 6.54 Å². The van der Waals surface area contributed by atoms with Crippen LogP contribution in [0.1, 0.15) is 15.9 Å². The molecule has 21 heavy (non-hydrogen) atoms. The highest BCUT2D eigenvalue weighted by Gasteiger charge is 2.09. The van der Waals surface area contributed by atoms with E-state index in [-0.39, 0.29) is 5.91 Å². The molecule has 0 aliphatic carbocycles. The number of amides is 1. The van der Waals surface area contributed by atoms with Crippen molar-refractivity contribution in [3.05, 3.63) is 53.6 Å². The number of methoxy groups -OCH3 is 2. The molecule has 0 aromatic heterocycles. The van der Waals surface area contributed by atoms with Crippen LogP contribution in [0.25, 0.3) is 0 Å². The number of nitrogens with two attached hydrogens (primary N) is 1. The molecule has 0 fully saturated rings. The highest BCUT2D eigenvalue weighted by atomic mass is 16.5. The van der Waals surface area contributed by atoms with E-state index in [1.54, 1.807) is 38.5 Å².